The maximum Gasteiger partial charge on any atom is 0.327 e. The Hall–Kier alpha value is -1.56. The Labute approximate surface area is 126 Å². The highest BCUT2D eigenvalue weighted by Gasteiger charge is 2.54. The van der Waals surface area contributed by atoms with E-state index in [0.29, 0.717) is 25.1 Å². The number of nitrogens with zero attached hydrogens (tertiary/aromatic N) is 1. The highest BCUT2D eigenvalue weighted by molar-refractivity contribution is 7.99. The van der Waals surface area contributed by atoms with Crippen molar-refractivity contribution in [2.75, 3.05) is 18.1 Å². The zero-order valence-corrected chi connectivity index (χ0v) is 12.2. The number of carboxylic acids is 1. The molecule has 1 N–H and O–H groups in total. The molecule has 1 saturated heterocycles. The Morgan fingerprint density at radius 1 is 1.29 bits per heavy atom. The van der Waals surface area contributed by atoms with Crippen LogP contribution in [0.2, 0.25) is 0 Å². The van der Waals surface area contributed by atoms with E-state index < -0.39 is 17.4 Å². The zero-order valence-electron chi connectivity index (χ0n) is 11.4. The van der Waals surface area contributed by atoms with Crippen molar-refractivity contribution in [2.45, 2.75) is 24.3 Å². The van der Waals surface area contributed by atoms with Gasteiger partial charge in [-0.25, -0.2) is 9.18 Å². The highest BCUT2D eigenvalue weighted by atomic mass is 32.2. The van der Waals surface area contributed by atoms with Gasteiger partial charge in [0.15, 0.2) is 0 Å². The molecule has 0 aromatic heterocycles. The topological polar surface area (TPSA) is 57.6 Å². The lowest BCUT2D eigenvalue weighted by Gasteiger charge is -2.35. The molecule has 1 amide bonds. The van der Waals surface area contributed by atoms with Gasteiger partial charge in [0.2, 0.25) is 5.91 Å². The van der Waals surface area contributed by atoms with Crippen LogP contribution in [0, 0.1) is 5.82 Å². The molecule has 112 valence electrons. The first-order valence-corrected chi connectivity index (χ1v) is 8.08. The maximum atomic E-state index is 13.0. The maximum absolute atomic E-state index is 13.0. The standard InChI is InChI=1S/C15H16FNO3S/c16-11-3-1-10(2-4-11)15(5-6-15)14(20)17-7-8-21-9-12(17)13(18)19/h1-4,12H,5-9H2,(H,18,19). The molecule has 2 aliphatic rings. The van der Waals surface area contributed by atoms with Gasteiger partial charge in [-0.1, -0.05) is 12.1 Å². The van der Waals surface area contributed by atoms with Gasteiger partial charge < -0.3 is 10.0 Å². The molecule has 21 heavy (non-hydrogen) atoms. The van der Waals surface area contributed by atoms with Gasteiger partial charge in [-0.05, 0) is 30.5 Å². The largest absolute Gasteiger partial charge is 0.480 e. The summed E-state index contributed by atoms with van der Waals surface area (Å²) in [5, 5.41) is 9.29. The van der Waals surface area contributed by atoms with Gasteiger partial charge in [-0.3, -0.25) is 4.79 Å². The second-order valence-corrected chi connectivity index (χ2v) is 6.67. The van der Waals surface area contributed by atoms with Crippen molar-refractivity contribution in [3.8, 4) is 0 Å². The van der Waals surface area contributed by atoms with Crippen molar-refractivity contribution in [3.63, 3.8) is 0 Å². The molecule has 1 unspecified atom stereocenters. The Bertz CT molecular complexity index is 571. The number of hydrogen-bond acceptors (Lipinski definition) is 3. The van der Waals surface area contributed by atoms with Gasteiger partial charge in [-0.2, -0.15) is 11.8 Å². The van der Waals surface area contributed by atoms with Crippen molar-refractivity contribution < 1.29 is 19.1 Å². The molecule has 0 bridgehead atoms. The smallest absolute Gasteiger partial charge is 0.327 e. The minimum atomic E-state index is -0.953. The van der Waals surface area contributed by atoms with Crippen molar-refractivity contribution >= 4 is 23.6 Å². The molecule has 1 aromatic rings. The Kier molecular flexibility index (Phi) is 3.65. The number of hydrogen-bond donors (Lipinski definition) is 1. The molecule has 4 nitrogen and oxygen atoms in total. The highest BCUT2D eigenvalue weighted by Crippen LogP contribution is 2.50. The summed E-state index contributed by atoms with van der Waals surface area (Å²) in [6, 6.07) is 5.21. The van der Waals surface area contributed by atoms with Crippen LogP contribution in [-0.2, 0) is 15.0 Å². The summed E-state index contributed by atoms with van der Waals surface area (Å²) in [5.74, 6) is -0.220. The van der Waals surface area contributed by atoms with Crippen molar-refractivity contribution in [2.24, 2.45) is 0 Å². The molecule has 1 atom stereocenters. The molecule has 3 rings (SSSR count). The first-order valence-electron chi connectivity index (χ1n) is 6.92. The van der Waals surface area contributed by atoms with Crippen molar-refractivity contribution in [3.05, 3.63) is 35.6 Å². The van der Waals surface area contributed by atoms with E-state index in [4.69, 9.17) is 0 Å². The average molecular weight is 309 g/mol. The summed E-state index contributed by atoms with van der Waals surface area (Å²) in [6.07, 6.45) is 1.40. The molecule has 1 aromatic carbocycles. The fourth-order valence-corrected chi connectivity index (χ4v) is 3.88. The number of rotatable bonds is 3. The molecule has 1 heterocycles. The van der Waals surface area contributed by atoms with Crippen LogP contribution in [0.5, 0.6) is 0 Å². The van der Waals surface area contributed by atoms with Gasteiger partial charge in [0.25, 0.3) is 0 Å². The first kappa shape index (κ1) is 14.4. The molecule has 1 aliphatic carbocycles. The van der Waals surface area contributed by atoms with E-state index in [1.807, 2.05) is 0 Å². The number of carboxylic acid groups (broad SMARTS) is 1. The Morgan fingerprint density at radius 2 is 1.95 bits per heavy atom. The van der Waals surface area contributed by atoms with Crippen LogP contribution >= 0.6 is 11.8 Å². The normalized spacial score (nSPS) is 23.7. The fraction of sp³-hybridized carbons (Fsp3) is 0.467. The summed E-state index contributed by atoms with van der Waals surface area (Å²) < 4.78 is 13.0. The van der Waals surface area contributed by atoms with Gasteiger partial charge in [0.1, 0.15) is 11.9 Å². The zero-order chi connectivity index (χ0) is 15.0. The molecule has 0 radical (unpaired) electrons. The quantitative estimate of drug-likeness (QED) is 0.926. The predicted octanol–water partition coefficient (Wildman–Crippen LogP) is 1.89. The second kappa shape index (κ2) is 5.33. The van der Waals surface area contributed by atoms with Crippen molar-refractivity contribution in [1.82, 2.24) is 4.90 Å². The van der Waals surface area contributed by atoms with Crippen LogP contribution in [0.15, 0.2) is 24.3 Å². The molecule has 1 aliphatic heterocycles. The molecule has 6 heteroatoms. The summed E-state index contributed by atoms with van der Waals surface area (Å²) in [5.41, 5.74) is 0.153. The van der Waals surface area contributed by atoms with Crippen molar-refractivity contribution in [1.29, 1.82) is 0 Å². The number of carbonyl (C=O) groups is 2. The average Bonchev–Trinajstić information content (AvgIpc) is 3.29. The Morgan fingerprint density at radius 3 is 2.52 bits per heavy atom. The van der Waals surface area contributed by atoms with Crippen LogP contribution in [0.3, 0.4) is 0 Å². The third-order valence-corrected chi connectivity index (χ3v) is 5.25. The van der Waals surface area contributed by atoms with E-state index in [1.165, 1.54) is 17.0 Å². The van der Waals surface area contributed by atoms with Gasteiger partial charge in [-0.15, -0.1) is 0 Å². The summed E-state index contributed by atoms with van der Waals surface area (Å²) in [4.78, 5) is 25.7. The van der Waals surface area contributed by atoms with E-state index >= 15 is 0 Å². The second-order valence-electron chi connectivity index (χ2n) is 5.52. The van der Waals surface area contributed by atoms with E-state index in [0.717, 1.165) is 11.3 Å². The minimum Gasteiger partial charge on any atom is -0.480 e. The predicted molar refractivity (Wildman–Crippen MR) is 77.8 cm³/mol. The molecular weight excluding hydrogens is 293 g/mol. The lowest BCUT2D eigenvalue weighted by molar-refractivity contribution is -0.150. The third-order valence-electron chi connectivity index (χ3n) is 4.23. The number of halogens is 1. The Balaban J connectivity index is 1.86. The third kappa shape index (κ3) is 2.52. The SMILES string of the molecule is O=C(O)C1CSCCN1C(=O)C1(c2ccc(F)cc2)CC1. The van der Waals surface area contributed by atoms with Crippen LogP contribution in [-0.4, -0.2) is 46.0 Å². The number of amides is 1. The summed E-state index contributed by atoms with van der Waals surface area (Å²) in [7, 11) is 0. The monoisotopic (exact) mass is 309 g/mol. The number of thioether (sulfide) groups is 1. The van der Waals surface area contributed by atoms with E-state index in [1.54, 1.807) is 23.9 Å². The van der Waals surface area contributed by atoms with Gasteiger partial charge in [0.05, 0.1) is 5.41 Å². The van der Waals surface area contributed by atoms with Crippen LogP contribution < -0.4 is 0 Å². The molecular formula is C15H16FNO3S. The molecule has 0 spiro atoms. The molecule has 2 fully saturated rings. The van der Waals surface area contributed by atoms with Crippen LogP contribution in [0.1, 0.15) is 18.4 Å². The van der Waals surface area contributed by atoms with E-state index in [-0.39, 0.29) is 11.7 Å². The van der Waals surface area contributed by atoms with E-state index in [2.05, 4.69) is 0 Å². The van der Waals surface area contributed by atoms with Crippen LogP contribution in [0.25, 0.3) is 0 Å². The fourth-order valence-electron chi connectivity index (χ4n) is 2.85. The van der Waals surface area contributed by atoms with Gasteiger partial charge in [0, 0.05) is 18.1 Å². The number of benzene rings is 1. The lowest BCUT2D eigenvalue weighted by Crippen LogP contribution is -2.53. The summed E-state index contributed by atoms with van der Waals surface area (Å²) >= 11 is 1.56. The molecule has 1 saturated carbocycles. The van der Waals surface area contributed by atoms with Gasteiger partial charge >= 0.3 is 5.97 Å². The van der Waals surface area contributed by atoms with E-state index in [9.17, 15) is 19.1 Å². The summed E-state index contributed by atoms with van der Waals surface area (Å²) in [6.45, 7) is 0.462. The van der Waals surface area contributed by atoms with Crippen LogP contribution in [0.4, 0.5) is 4.39 Å². The number of aliphatic carboxylic acids is 1. The lowest BCUT2D eigenvalue weighted by atomic mass is 9.93. The number of carbonyl (C=O) groups excluding carboxylic acids is 1. The first-order chi connectivity index (χ1) is 10.0. The minimum absolute atomic E-state index is 0.123.